The molecule has 1 unspecified atom stereocenters. The third kappa shape index (κ3) is 3.68. The molecule has 1 aromatic carbocycles. The van der Waals surface area contributed by atoms with E-state index in [1.54, 1.807) is 10.8 Å². The van der Waals surface area contributed by atoms with Crippen LogP contribution in [0.4, 0.5) is 0 Å². The second kappa shape index (κ2) is 7.42. The fraction of sp³-hybridized carbons (Fsp3) is 0.368. The van der Waals surface area contributed by atoms with Crippen LogP contribution in [-0.2, 0) is 24.3 Å². The molecule has 0 spiro atoms. The van der Waals surface area contributed by atoms with Gasteiger partial charge in [0.1, 0.15) is 12.3 Å². The maximum absolute atomic E-state index is 12.6. The lowest BCUT2D eigenvalue weighted by atomic mass is 10.1. The Kier molecular flexibility index (Phi) is 5.07. The number of imidazole rings is 1. The Hall–Kier alpha value is -2.76. The molecule has 0 radical (unpaired) electrons. The van der Waals surface area contributed by atoms with Gasteiger partial charge in [0.2, 0.25) is 5.91 Å². The highest BCUT2D eigenvalue weighted by Gasteiger charge is 2.15. The van der Waals surface area contributed by atoms with Crippen LogP contribution in [0, 0.1) is 0 Å². The summed E-state index contributed by atoms with van der Waals surface area (Å²) < 4.78 is 8.52. The first-order valence-corrected chi connectivity index (χ1v) is 8.60. The van der Waals surface area contributed by atoms with Crippen molar-refractivity contribution in [1.82, 2.24) is 14.5 Å². The molecule has 25 heavy (non-hydrogen) atoms. The molecule has 0 aliphatic carbocycles. The van der Waals surface area contributed by atoms with Gasteiger partial charge < -0.3 is 9.73 Å². The molecular formula is C19H23N3O3. The van der Waals surface area contributed by atoms with E-state index in [0.29, 0.717) is 6.54 Å². The minimum atomic E-state index is -0.159. The molecule has 2 heterocycles. The standard InChI is InChI=1S/C19H23N3O3/c1-3-21-16-8-4-5-9-17(16)22(19(21)24)13-18(23)20-14(2)10-11-15-7-6-12-25-15/h4-9,12,14H,3,10-11,13H2,1-2H3,(H,20,23). The molecular weight excluding hydrogens is 318 g/mol. The van der Waals surface area contributed by atoms with Gasteiger partial charge in [0.15, 0.2) is 0 Å². The molecule has 0 saturated heterocycles. The smallest absolute Gasteiger partial charge is 0.329 e. The molecule has 0 fully saturated rings. The van der Waals surface area contributed by atoms with Gasteiger partial charge in [-0.2, -0.15) is 0 Å². The molecule has 1 amide bonds. The average molecular weight is 341 g/mol. The Morgan fingerprint density at radius 1 is 1.16 bits per heavy atom. The van der Waals surface area contributed by atoms with Crippen molar-refractivity contribution in [3.8, 4) is 0 Å². The third-order valence-electron chi connectivity index (χ3n) is 4.35. The lowest BCUT2D eigenvalue weighted by Crippen LogP contribution is -2.37. The maximum Gasteiger partial charge on any atom is 0.329 e. The number of hydrogen-bond donors (Lipinski definition) is 1. The Morgan fingerprint density at radius 2 is 1.88 bits per heavy atom. The molecule has 132 valence electrons. The molecule has 6 heteroatoms. The van der Waals surface area contributed by atoms with E-state index in [0.717, 1.165) is 29.6 Å². The van der Waals surface area contributed by atoms with Crippen LogP contribution in [0.15, 0.2) is 51.9 Å². The first-order valence-electron chi connectivity index (χ1n) is 8.60. The minimum Gasteiger partial charge on any atom is -0.469 e. The number of benzene rings is 1. The molecule has 3 rings (SSSR count). The Balaban J connectivity index is 1.68. The van der Waals surface area contributed by atoms with E-state index >= 15 is 0 Å². The van der Waals surface area contributed by atoms with Gasteiger partial charge in [-0.05, 0) is 44.5 Å². The fourth-order valence-electron chi connectivity index (χ4n) is 3.08. The summed E-state index contributed by atoms with van der Waals surface area (Å²) in [7, 11) is 0. The van der Waals surface area contributed by atoms with Crippen molar-refractivity contribution in [2.24, 2.45) is 0 Å². The van der Waals surface area contributed by atoms with E-state index in [1.807, 2.05) is 50.2 Å². The van der Waals surface area contributed by atoms with Crippen LogP contribution < -0.4 is 11.0 Å². The number of carbonyl (C=O) groups excluding carboxylic acids is 1. The number of aromatic nitrogens is 2. The van der Waals surface area contributed by atoms with Crippen molar-refractivity contribution < 1.29 is 9.21 Å². The van der Waals surface area contributed by atoms with Crippen LogP contribution >= 0.6 is 0 Å². The van der Waals surface area contributed by atoms with Gasteiger partial charge in [0.05, 0.1) is 17.3 Å². The molecule has 3 aromatic rings. The van der Waals surface area contributed by atoms with Gasteiger partial charge in [-0.3, -0.25) is 13.9 Å². The van der Waals surface area contributed by atoms with Crippen molar-refractivity contribution >= 4 is 16.9 Å². The zero-order valence-electron chi connectivity index (χ0n) is 14.6. The number of hydrogen-bond acceptors (Lipinski definition) is 3. The highest BCUT2D eigenvalue weighted by molar-refractivity contribution is 5.81. The summed E-state index contributed by atoms with van der Waals surface area (Å²) in [6.07, 6.45) is 3.20. The lowest BCUT2D eigenvalue weighted by Gasteiger charge is -2.13. The van der Waals surface area contributed by atoms with Crippen molar-refractivity contribution in [3.05, 3.63) is 58.9 Å². The van der Waals surface area contributed by atoms with Crippen LogP contribution in [0.3, 0.4) is 0 Å². The van der Waals surface area contributed by atoms with Crippen LogP contribution in [0.1, 0.15) is 26.0 Å². The normalized spacial score (nSPS) is 12.4. The van der Waals surface area contributed by atoms with E-state index in [2.05, 4.69) is 5.32 Å². The monoisotopic (exact) mass is 341 g/mol. The number of amides is 1. The van der Waals surface area contributed by atoms with Crippen molar-refractivity contribution in [1.29, 1.82) is 0 Å². The van der Waals surface area contributed by atoms with E-state index < -0.39 is 0 Å². The van der Waals surface area contributed by atoms with Crippen molar-refractivity contribution in [2.75, 3.05) is 0 Å². The second-order valence-electron chi connectivity index (χ2n) is 6.19. The number of para-hydroxylation sites is 2. The van der Waals surface area contributed by atoms with E-state index in [4.69, 9.17) is 4.42 Å². The number of nitrogens with zero attached hydrogens (tertiary/aromatic N) is 2. The zero-order chi connectivity index (χ0) is 17.8. The van der Waals surface area contributed by atoms with Gasteiger partial charge in [-0.1, -0.05) is 12.1 Å². The Bertz CT molecular complexity index is 906. The Labute approximate surface area is 146 Å². The maximum atomic E-state index is 12.6. The zero-order valence-corrected chi connectivity index (χ0v) is 14.6. The highest BCUT2D eigenvalue weighted by Crippen LogP contribution is 2.12. The summed E-state index contributed by atoms with van der Waals surface area (Å²) in [6.45, 7) is 4.48. The quantitative estimate of drug-likeness (QED) is 0.718. The van der Waals surface area contributed by atoms with E-state index in [-0.39, 0.29) is 24.2 Å². The summed E-state index contributed by atoms with van der Waals surface area (Å²) in [4.78, 5) is 24.9. The summed E-state index contributed by atoms with van der Waals surface area (Å²) >= 11 is 0. The number of furan rings is 1. The predicted octanol–water partition coefficient (Wildman–Crippen LogP) is 2.55. The molecule has 0 saturated carbocycles. The molecule has 1 N–H and O–H groups in total. The fourth-order valence-corrected chi connectivity index (χ4v) is 3.08. The third-order valence-corrected chi connectivity index (χ3v) is 4.35. The lowest BCUT2D eigenvalue weighted by molar-refractivity contribution is -0.122. The first-order chi connectivity index (χ1) is 12.1. The van der Waals surface area contributed by atoms with Gasteiger partial charge in [-0.25, -0.2) is 4.79 Å². The van der Waals surface area contributed by atoms with E-state index in [1.165, 1.54) is 4.57 Å². The molecule has 2 aromatic heterocycles. The average Bonchev–Trinajstić information content (AvgIpc) is 3.20. The minimum absolute atomic E-state index is 0.00725. The number of fused-ring (bicyclic) bond motifs is 1. The van der Waals surface area contributed by atoms with Crippen molar-refractivity contribution in [3.63, 3.8) is 0 Å². The number of aryl methyl sites for hydroxylation is 2. The van der Waals surface area contributed by atoms with Crippen LogP contribution in [0.25, 0.3) is 11.0 Å². The van der Waals surface area contributed by atoms with Crippen molar-refractivity contribution in [2.45, 2.75) is 45.8 Å². The van der Waals surface area contributed by atoms with Crippen LogP contribution in [-0.4, -0.2) is 21.1 Å². The largest absolute Gasteiger partial charge is 0.469 e. The number of nitrogens with one attached hydrogen (secondary N) is 1. The van der Waals surface area contributed by atoms with Crippen LogP contribution in [0.5, 0.6) is 0 Å². The van der Waals surface area contributed by atoms with Gasteiger partial charge >= 0.3 is 5.69 Å². The highest BCUT2D eigenvalue weighted by atomic mass is 16.3. The predicted molar refractivity (Wildman–Crippen MR) is 96.5 cm³/mol. The second-order valence-corrected chi connectivity index (χ2v) is 6.19. The molecule has 6 nitrogen and oxygen atoms in total. The summed E-state index contributed by atoms with van der Waals surface area (Å²) in [5.41, 5.74) is 1.49. The SMILES string of the molecule is CCn1c(=O)n(CC(=O)NC(C)CCc2ccco2)c2ccccc21. The first kappa shape index (κ1) is 17.1. The molecule has 1 atom stereocenters. The molecule has 0 bridgehead atoms. The van der Waals surface area contributed by atoms with Gasteiger partial charge in [0, 0.05) is 19.0 Å². The van der Waals surface area contributed by atoms with Crippen LogP contribution in [0.2, 0.25) is 0 Å². The van der Waals surface area contributed by atoms with Gasteiger partial charge in [0.25, 0.3) is 0 Å². The molecule has 0 aliphatic rings. The van der Waals surface area contributed by atoms with E-state index in [9.17, 15) is 9.59 Å². The summed E-state index contributed by atoms with van der Waals surface area (Å²) in [5.74, 6) is 0.747. The summed E-state index contributed by atoms with van der Waals surface area (Å²) in [6, 6.07) is 11.3. The molecule has 0 aliphatic heterocycles. The number of rotatable bonds is 7. The number of carbonyl (C=O) groups is 1. The van der Waals surface area contributed by atoms with Gasteiger partial charge in [-0.15, -0.1) is 0 Å². The summed E-state index contributed by atoms with van der Waals surface area (Å²) in [5, 5.41) is 2.96. The Morgan fingerprint density at radius 3 is 2.52 bits per heavy atom. The topological polar surface area (TPSA) is 69.2 Å².